The van der Waals surface area contributed by atoms with Gasteiger partial charge in [0.1, 0.15) is 45.7 Å². The fourth-order valence-corrected chi connectivity index (χ4v) is 8.95. The molecule has 0 amide bonds. The summed E-state index contributed by atoms with van der Waals surface area (Å²) in [4.78, 5) is 18.0. The van der Waals surface area contributed by atoms with E-state index in [1.165, 1.54) is 17.4 Å². The Hall–Kier alpha value is -4.25. The van der Waals surface area contributed by atoms with Gasteiger partial charge in [0, 0.05) is 36.2 Å². The molecule has 0 aliphatic heterocycles. The van der Waals surface area contributed by atoms with Crippen molar-refractivity contribution in [3.05, 3.63) is 88.9 Å². The summed E-state index contributed by atoms with van der Waals surface area (Å²) in [5, 5.41) is 28.6. The lowest BCUT2D eigenvalue weighted by molar-refractivity contribution is 0.0216. The first-order chi connectivity index (χ1) is 23.4. The summed E-state index contributed by atoms with van der Waals surface area (Å²) in [5.41, 5.74) is 2.34. The van der Waals surface area contributed by atoms with E-state index in [1.54, 1.807) is 13.1 Å². The Morgan fingerprint density at radius 2 is 1.67 bits per heavy atom. The molecule has 0 radical (unpaired) electrons. The molecule has 2 aromatic carbocycles. The number of aliphatic hydroxyl groups is 2. The van der Waals surface area contributed by atoms with Crippen LogP contribution >= 0.6 is 11.3 Å². The van der Waals surface area contributed by atoms with E-state index < -0.39 is 67.9 Å². The number of fused-ring (bicyclic) bond motifs is 1. The van der Waals surface area contributed by atoms with Gasteiger partial charge in [-0.3, -0.25) is 4.98 Å². The third-order valence-corrected chi connectivity index (χ3v) is 11.7. The van der Waals surface area contributed by atoms with E-state index in [2.05, 4.69) is 25.6 Å². The average molecular weight is 715 g/mol. The molecule has 0 unspecified atom stereocenters. The largest absolute Gasteiger partial charge is 0.390 e. The molecular weight excluding hydrogens is 685 g/mol. The molecule has 16 heteroatoms. The number of nitrogens with one attached hydrogen (secondary N) is 2. The molecule has 2 aliphatic rings. The number of halogens is 4. The minimum atomic E-state index is -4.26. The van der Waals surface area contributed by atoms with Crippen LogP contribution in [0.3, 0.4) is 0 Å². The molecule has 2 aliphatic carbocycles. The van der Waals surface area contributed by atoms with Crippen molar-refractivity contribution in [1.82, 2.24) is 19.9 Å². The van der Waals surface area contributed by atoms with Crippen LogP contribution in [0.1, 0.15) is 42.1 Å². The first-order valence-corrected chi connectivity index (χ1v) is 18.0. The molecular formula is C33H30F4N6O4S2. The van der Waals surface area contributed by atoms with E-state index in [4.69, 9.17) is 4.98 Å². The summed E-state index contributed by atoms with van der Waals surface area (Å²) in [6.45, 7) is 1.43. The molecule has 0 saturated heterocycles. The summed E-state index contributed by atoms with van der Waals surface area (Å²) < 4.78 is 83.5. The van der Waals surface area contributed by atoms with Crippen molar-refractivity contribution < 1.29 is 36.2 Å². The van der Waals surface area contributed by atoms with E-state index in [-0.39, 0.29) is 30.3 Å². The smallest absolute Gasteiger partial charge is 0.225 e. The molecule has 5 aromatic rings. The molecule has 4 N–H and O–H groups in total. The maximum absolute atomic E-state index is 14.4. The number of hydrogen-bond donors (Lipinski definition) is 4. The molecule has 3 aromatic heterocycles. The lowest BCUT2D eigenvalue weighted by atomic mass is 10.1. The van der Waals surface area contributed by atoms with E-state index >= 15 is 0 Å². The van der Waals surface area contributed by atoms with Crippen LogP contribution in [0.4, 0.5) is 29.3 Å². The Kier molecular flexibility index (Phi) is 8.75. The third kappa shape index (κ3) is 6.69. The Morgan fingerprint density at radius 3 is 2.37 bits per heavy atom. The number of sulfone groups is 1. The van der Waals surface area contributed by atoms with Gasteiger partial charge >= 0.3 is 0 Å². The molecule has 0 bridgehead atoms. The summed E-state index contributed by atoms with van der Waals surface area (Å²) >= 11 is 1.38. The van der Waals surface area contributed by atoms with Gasteiger partial charge in [0.2, 0.25) is 5.95 Å². The minimum absolute atomic E-state index is 0.00754. The van der Waals surface area contributed by atoms with E-state index in [9.17, 15) is 36.2 Å². The van der Waals surface area contributed by atoms with Crippen molar-refractivity contribution in [1.29, 1.82) is 0 Å². The molecule has 3 heterocycles. The summed E-state index contributed by atoms with van der Waals surface area (Å²) in [6, 6.07) is 6.41. The molecule has 2 fully saturated rings. The van der Waals surface area contributed by atoms with E-state index in [0.717, 1.165) is 40.9 Å². The van der Waals surface area contributed by atoms with Crippen LogP contribution in [0.25, 0.3) is 20.8 Å². The second-order valence-electron chi connectivity index (χ2n) is 12.4. The lowest BCUT2D eigenvalue weighted by Crippen LogP contribution is -2.36. The minimum Gasteiger partial charge on any atom is -0.390 e. The highest BCUT2D eigenvalue weighted by atomic mass is 32.2. The molecule has 49 heavy (non-hydrogen) atoms. The molecule has 4 atom stereocenters. The zero-order chi connectivity index (χ0) is 34.6. The van der Waals surface area contributed by atoms with Crippen LogP contribution in [0.2, 0.25) is 0 Å². The number of aliphatic hydroxyl groups excluding tert-OH is 2. The maximum atomic E-state index is 14.4. The molecule has 7 rings (SSSR count). The Bertz CT molecular complexity index is 2140. The molecule has 0 spiro atoms. The summed E-state index contributed by atoms with van der Waals surface area (Å²) in [5.74, 6) is -4.81. The fraction of sp³-hybridized carbons (Fsp3) is 0.333. The van der Waals surface area contributed by atoms with Gasteiger partial charge in [-0.15, -0.1) is 11.3 Å². The van der Waals surface area contributed by atoms with E-state index in [1.807, 2.05) is 6.07 Å². The number of aromatic nitrogens is 4. The van der Waals surface area contributed by atoms with Crippen LogP contribution < -0.4 is 10.6 Å². The predicted molar refractivity (Wildman–Crippen MR) is 175 cm³/mol. The number of aryl methyl sites for hydroxylation is 1. The van der Waals surface area contributed by atoms with Gasteiger partial charge in [-0.2, -0.15) is 4.98 Å². The zero-order valence-electron chi connectivity index (χ0n) is 25.9. The Morgan fingerprint density at radius 1 is 0.959 bits per heavy atom. The number of pyridine rings is 1. The van der Waals surface area contributed by atoms with Crippen LogP contribution in [0, 0.1) is 36.1 Å². The lowest BCUT2D eigenvalue weighted by Gasteiger charge is -2.21. The van der Waals surface area contributed by atoms with Crippen LogP contribution in [0.15, 0.2) is 53.6 Å². The standard InChI is InChI=1S/C33H30F4N6O4S2/c1-15-26(32-42-28-25(48-32)7-8-38-27(28)16-5-6-16)31(43-33(40-15)39-13-21-22(36)3-2-4-23(21)37)41-24-9-17(29(44)30(24)45)14-49(46,47)20-11-18(34)10-19(35)12-20/h2-4,7-8,10-12,16-17,24,29-30,44-45H,5-6,9,13-14H2,1H3,(H2,39,40,41,43)/t17-,24-,29-,30+/m1/s1. The van der Waals surface area contributed by atoms with Gasteiger partial charge in [0.25, 0.3) is 0 Å². The highest BCUT2D eigenvalue weighted by molar-refractivity contribution is 7.91. The van der Waals surface area contributed by atoms with Crippen molar-refractivity contribution in [3.63, 3.8) is 0 Å². The van der Waals surface area contributed by atoms with Gasteiger partial charge in [-0.05, 0) is 56.5 Å². The van der Waals surface area contributed by atoms with Crippen molar-refractivity contribution in [2.45, 2.75) is 61.8 Å². The van der Waals surface area contributed by atoms with Gasteiger partial charge in [0.05, 0.1) is 44.4 Å². The molecule has 256 valence electrons. The van der Waals surface area contributed by atoms with Crippen LogP contribution in [-0.4, -0.2) is 62.6 Å². The Labute approximate surface area is 282 Å². The highest BCUT2D eigenvalue weighted by Gasteiger charge is 2.44. The zero-order valence-corrected chi connectivity index (χ0v) is 27.5. The van der Waals surface area contributed by atoms with Gasteiger partial charge < -0.3 is 20.8 Å². The maximum Gasteiger partial charge on any atom is 0.225 e. The fourth-order valence-electron chi connectivity index (χ4n) is 6.21. The monoisotopic (exact) mass is 714 g/mol. The summed E-state index contributed by atoms with van der Waals surface area (Å²) in [7, 11) is -4.26. The van der Waals surface area contributed by atoms with E-state index in [0.29, 0.717) is 40.4 Å². The second-order valence-corrected chi connectivity index (χ2v) is 15.4. The topological polar surface area (TPSA) is 150 Å². The first-order valence-electron chi connectivity index (χ1n) is 15.5. The number of hydrogen-bond acceptors (Lipinski definition) is 11. The van der Waals surface area contributed by atoms with Crippen molar-refractivity contribution >= 4 is 43.2 Å². The first kappa shape index (κ1) is 33.3. The van der Waals surface area contributed by atoms with Gasteiger partial charge in [-0.1, -0.05) is 6.07 Å². The second kappa shape index (κ2) is 12.9. The van der Waals surface area contributed by atoms with Crippen molar-refractivity contribution in [3.8, 4) is 10.6 Å². The molecule has 2 saturated carbocycles. The SMILES string of the molecule is Cc1nc(NCc2c(F)cccc2F)nc(N[C@@H]2C[C@H](CS(=O)(=O)c3cc(F)cc(F)c3)[C@@H](O)[C@H]2O)c1-c1nc2c(C3CC3)nccc2s1. The quantitative estimate of drug-likeness (QED) is 0.137. The number of anilines is 2. The third-order valence-electron chi connectivity index (χ3n) is 8.84. The number of thiazole rings is 1. The van der Waals surface area contributed by atoms with Crippen LogP contribution in [-0.2, 0) is 16.4 Å². The summed E-state index contributed by atoms with van der Waals surface area (Å²) in [6.07, 6.45) is 0.748. The number of nitrogens with zero attached hydrogens (tertiary/aromatic N) is 4. The normalized spacial score (nSPS) is 21.0. The van der Waals surface area contributed by atoms with Crippen LogP contribution in [0.5, 0.6) is 0 Å². The molecule has 10 nitrogen and oxygen atoms in total. The number of rotatable bonds is 10. The average Bonchev–Trinajstić information content (AvgIpc) is 3.74. The Balaban J connectivity index is 1.22. The number of benzene rings is 2. The van der Waals surface area contributed by atoms with Gasteiger partial charge in [-0.25, -0.2) is 35.9 Å². The van der Waals surface area contributed by atoms with Crippen molar-refractivity contribution in [2.24, 2.45) is 5.92 Å². The highest BCUT2D eigenvalue weighted by Crippen LogP contribution is 2.45. The van der Waals surface area contributed by atoms with Gasteiger partial charge in [0.15, 0.2) is 9.84 Å². The predicted octanol–water partition coefficient (Wildman–Crippen LogP) is 5.50. The van der Waals surface area contributed by atoms with Crippen molar-refractivity contribution in [2.75, 3.05) is 16.4 Å².